The average molecular weight is 416 g/mol. The van der Waals surface area contributed by atoms with E-state index < -0.39 is 23.9 Å². The molecule has 0 spiro atoms. The van der Waals surface area contributed by atoms with Crippen LogP contribution in [0.2, 0.25) is 0 Å². The Hall–Kier alpha value is -2.87. The summed E-state index contributed by atoms with van der Waals surface area (Å²) in [4.78, 5) is 37.8. The molecule has 0 bridgehead atoms. The third-order valence-corrected chi connectivity index (χ3v) is 6.06. The van der Waals surface area contributed by atoms with Crippen molar-refractivity contribution in [3.8, 4) is 5.75 Å². The zero-order valence-electron chi connectivity index (χ0n) is 16.7. The number of aryl methyl sites for hydroxylation is 2. The van der Waals surface area contributed by atoms with Crippen LogP contribution < -0.4 is 15.8 Å². The molecule has 3 N–H and O–H groups in total. The van der Waals surface area contributed by atoms with E-state index in [9.17, 15) is 14.4 Å². The molecule has 29 heavy (non-hydrogen) atoms. The second-order valence-electron chi connectivity index (χ2n) is 7.04. The van der Waals surface area contributed by atoms with Crippen LogP contribution in [0.4, 0.5) is 5.00 Å². The van der Waals surface area contributed by atoms with Gasteiger partial charge in [-0.05, 0) is 44.7 Å². The zero-order valence-corrected chi connectivity index (χ0v) is 17.5. The Kier molecular flexibility index (Phi) is 6.22. The van der Waals surface area contributed by atoms with E-state index in [-0.39, 0.29) is 6.42 Å². The van der Waals surface area contributed by atoms with Crippen molar-refractivity contribution in [3.63, 3.8) is 0 Å². The van der Waals surface area contributed by atoms with E-state index in [1.165, 1.54) is 25.4 Å². The van der Waals surface area contributed by atoms with Crippen LogP contribution in [0.3, 0.4) is 0 Å². The van der Waals surface area contributed by atoms with Crippen molar-refractivity contribution < 1.29 is 23.9 Å². The van der Waals surface area contributed by atoms with E-state index in [4.69, 9.17) is 15.2 Å². The summed E-state index contributed by atoms with van der Waals surface area (Å²) < 4.78 is 10.6. The third-order valence-electron chi connectivity index (χ3n) is 4.85. The molecule has 0 radical (unpaired) electrons. The Labute approximate surface area is 173 Å². The molecular weight excluding hydrogens is 392 g/mol. The summed E-state index contributed by atoms with van der Waals surface area (Å²) in [6.07, 6.45) is 1.60. The molecule has 1 aliphatic rings. The average Bonchev–Trinajstić information content (AvgIpc) is 3.22. The first kappa shape index (κ1) is 20.9. The monoisotopic (exact) mass is 416 g/mol. The van der Waals surface area contributed by atoms with Crippen molar-refractivity contribution in [1.29, 1.82) is 0 Å². The van der Waals surface area contributed by atoms with Crippen LogP contribution in [0.5, 0.6) is 5.75 Å². The van der Waals surface area contributed by atoms with Crippen molar-refractivity contribution in [1.82, 2.24) is 0 Å². The van der Waals surface area contributed by atoms with Gasteiger partial charge >= 0.3 is 5.97 Å². The van der Waals surface area contributed by atoms with Crippen molar-refractivity contribution in [2.45, 2.75) is 45.6 Å². The molecule has 1 aliphatic carbocycles. The Bertz CT molecular complexity index is 966. The molecule has 0 saturated carbocycles. The molecule has 7 nitrogen and oxygen atoms in total. The molecule has 1 aromatic carbocycles. The third kappa shape index (κ3) is 4.59. The molecule has 0 saturated heterocycles. The maximum Gasteiger partial charge on any atom is 0.311 e. The number of methoxy groups -OCH3 is 1. The summed E-state index contributed by atoms with van der Waals surface area (Å²) in [7, 11) is 1.53. The lowest BCUT2D eigenvalue weighted by Gasteiger charge is -2.14. The number of benzene rings is 1. The number of nitrogens with two attached hydrogens (primary N) is 1. The normalized spacial score (nSPS) is 13.5. The highest BCUT2D eigenvalue weighted by Crippen LogP contribution is 2.38. The molecule has 2 amide bonds. The zero-order chi connectivity index (χ0) is 21.1. The van der Waals surface area contributed by atoms with Crippen LogP contribution in [-0.4, -0.2) is 31.0 Å². The van der Waals surface area contributed by atoms with Gasteiger partial charge in [0.1, 0.15) is 10.8 Å². The standard InChI is InChI=1S/C21H24N2O5S/c1-11-7-8-15(27-3)13(9-11)10-17(24)28-12(2)20(26)23-21-18(19(22)25)14-5-4-6-16(14)29-21/h7-9,12H,4-6,10H2,1-3H3,(H2,22,25)(H,23,26)/t12-/m0/s1. The summed E-state index contributed by atoms with van der Waals surface area (Å²) in [6, 6.07) is 5.52. The fraction of sp³-hybridized carbons (Fsp3) is 0.381. The van der Waals surface area contributed by atoms with Crippen LogP contribution >= 0.6 is 11.3 Å². The van der Waals surface area contributed by atoms with Gasteiger partial charge in [-0.25, -0.2) is 0 Å². The molecular formula is C21H24N2O5S. The minimum Gasteiger partial charge on any atom is -0.496 e. The van der Waals surface area contributed by atoms with E-state index in [1.54, 1.807) is 6.07 Å². The molecule has 0 aliphatic heterocycles. The van der Waals surface area contributed by atoms with Gasteiger partial charge in [0.2, 0.25) is 0 Å². The number of hydrogen-bond acceptors (Lipinski definition) is 6. The van der Waals surface area contributed by atoms with Gasteiger partial charge in [-0.1, -0.05) is 17.7 Å². The first-order valence-electron chi connectivity index (χ1n) is 9.38. The fourth-order valence-electron chi connectivity index (χ4n) is 3.46. The number of carbonyl (C=O) groups is 3. The number of thiophene rings is 1. The van der Waals surface area contributed by atoms with Crippen LogP contribution in [0.15, 0.2) is 18.2 Å². The number of nitrogens with one attached hydrogen (secondary N) is 1. The number of primary amides is 1. The number of esters is 1. The topological polar surface area (TPSA) is 108 Å². The predicted octanol–water partition coefficient (Wildman–Crippen LogP) is 2.77. The van der Waals surface area contributed by atoms with Gasteiger partial charge in [-0.3, -0.25) is 14.4 Å². The smallest absolute Gasteiger partial charge is 0.311 e. The van der Waals surface area contributed by atoms with Crippen molar-refractivity contribution in [3.05, 3.63) is 45.3 Å². The number of ether oxygens (including phenoxy) is 2. The number of fused-ring (bicyclic) bond motifs is 1. The Morgan fingerprint density at radius 1 is 1.28 bits per heavy atom. The van der Waals surface area contributed by atoms with E-state index in [0.29, 0.717) is 21.9 Å². The molecule has 1 atom stereocenters. The maximum absolute atomic E-state index is 12.5. The van der Waals surface area contributed by atoms with Crippen LogP contribution in [0.1, 0.15) is 45.3 Å². The van der Waals surface area contributed by atoms with Gasteiger partial charge in [-0.15, -0.1) is 11.3 Å². The highest BCUT2D eigenvalue weighted by Gasteiger charge is 2.28. The SMILES string of the molecule is COc1ccc(C)cc1CC(=O)O[C@@H](C)C(=O)Nc1sc2c(c1C(N)=O)CCC2. The highest BCUT2D eigenvalue weighted by atomic mass is 32.1. The molecule has 1 heterocycles. The summed E-state index contributed by atoms with van der Waals surface area (Å²) >= 11 is 1.36. The van der Waals surface area contributed by atoms with Gasteiger partial charge in [-0.2, -0.15) is 0 Å². The number of anilines is 1. The minimum atomic E-state index is -1.02. The number of hydrogen-bond donors (Lipinski definition) is 2. The molecule has 2 aromatic rings. The van der Waals surface area contributed by atoms with E-state index >= 15 is 0 Å². The maximum atomic E-state index is 12.5. The Balaban J connectivity index is 1.65. The highest BCUT2D eigenvalue weighted by molar-refractivity contribution is 7.17. The summed E-state index contributed by atoms with van der Waals surface area (Å²) in [5, 5.41) is 3.13. The van der Waals surface area contributed by atoms with E-state index in [0.717, 1.165) is 35.3 Å². The number of amides is 2. The number of rotatable bonds is 7. The van der Waals surface area contributed by atoms with Gasteiger partial charge in [0.25, 0.3) is 11.8 Å². The van der Waals surface area contributed by atoms with Gasteiger partial charge in [0.15, 0.2) is 6.10 Å². The summed E-state index contributed by atoms with van der Waals surface area (Å²) in [6.45, 7) is 3.41. The second-order valence-corrected chi connectivity index (χ2v) is 8.14. The van der Waals surface area contributed by atoms with Gasteiger partial charge in [0, 0.05) is 10.4 Å². The van der Waals surface area contributed by atoms with Crippen LogP contribution in [0, 0.1) is 6.92 Å². The number of carbonyl (C=O) groups excluding carboxylic acids is 3. The lowest BCUT2D eigenvalue weighted by Crippen LogP contribution is -2.31. The molecule has 8 heteroatoms. The molecule has 0 unspecified atom stereocenters. The van der Waals surface area contributed by atoms with Crippen LogP contribution in [-0.2, 0) is 33.6 Å². The lowest BCUT2D eigenvalue weighted by atomic mass is 10.1. The van der Waals surface area contributed by atoms with Crippen molar-refractivity contribution in [2.75, 3.05) is 12.4 Å². The predicted molar refractivity (Wildman–Crippen MR) is 110 cm³/mol. The Morgan fingerprint density at radius 2 is 2.03 bits per heavy atom. The lowest BCUT2D eigenvalue weighted by molar-refractivity contribution is -0.152. The molecule has 154 valence electrons. The minimum absolute atomic E-state index is 0.0116. The molecule has 3 rings (SSSR count). The van der Waals surface area contributed by atoms with Crippen molar-refractivity contribution in [2.24, 2.45) is 5.73 Å². The van der Waals surface area contributed by atoms with Gasteiger partial charge in [0.05, 0.1) is 19.1 Å². The van der Waals surface area contributed by atoms with Crippen LogP contribution in [0.25, 0.3) is 0 Å². The van der Waals surface area contributed by atoms with E-state index in [1.807, 2.05) is 19.1 Å². The fourth-order valence-corrected chi connectivity index (χ4v) is 4.76. The quantitative estimate of drug-likeness (QED) is 0.675. The molecule has 0 fully saturated rings. The first-order chi connectivity index (χ1) is 13.8. The van der Waals surface area contributed by atoms with Gasteiger partial charge < -0.3 is 20.5 Å². The van der Waals surface area contributed by atoms with E-state index in [2.05, 4.69) is 5.32 Å². The van der Waals surface area contributed by atoms with Crippen molar-refractivity contribution >= 4 is 34.1 Å². The largest absolute Gasteiger partial charge is 0.496 e. The Morgan fingerprint density at radius 3 is 2.72 bits per heavy atom. The summed E-state index contributed by atoms with van der Waals surface area (Å²) in [5.41, 5.74) is 8.49. The summed E-state index contributed by atoms with van der Waals surface area (Å²) in [5.74, 6) is -1.02. The second kappa shape index (κ2) is 8.65. The first-order valence-corrected chi connectivity index (χ1v) is 10.2. The molecule has 1 aromatic heterocycles.